The molecular weight excluding hydrogens is 521 g/mol. The number of aromatic nitrogens is 2. The fourth-order valence-corrected chi connectivity index (χ4v) is 2.86. The first-order chi connectivity index (χ1) is 17.2. The Balaban J connectivity index is 2.05. The van der Waals surface area contributed by atoms with Crippen molar-refractivity contribution in [1.29, 1.82) is 0 Å². The summed E-state index contributed by atoms with van der Waals surface area (Å²) >= 11 is 0. The van der Waals surface area contributed by atoms with Crippen molar-refractivity contribution in [3.05, 3.63) is 65.4 Å². The van der Waals surface area contributed by atoms with E-state index in [4.69, 9.17) is 15.2 Å². The van der Waals surface area contributed by atoms with Crippen LogP contribution in [0.4, 0.5) is 36.6 Å². The number of methoxy groups -OCH3 is 1. The molecule has 0 saturated carbocycles. The molecule has 0 aliphatic heterocycles. The third-order valence-corrected chi connectivity index (χ3v) is 4.39. The molecule has 2 amide bonds. The molecule has 0 aliphatic rings. The number of halogens is 7. The van der Waals surface area contributed by atoms with Gasteiger partial charge in [-0.15, -0.1) is 13.2 Å². The minimum Gasteiger partial charge on any atom is -0.493 e. The number of alkyl halides is 6. The molecule has 0 radical (unpaired) electrons. The molecule has 0 saturated heterocycles. The molecule has 0 spiro atoms. The Morgan fingerprint density at radius 2 is 1.62 bits per heavy atom. The quantitative estimate of drug-likeness (QED) is 0.422. The van der Waals surface area contributed by atoms with E-state index in [1.807, 2.05) is 5.32 Å². The first-order valence-corrected chi connectivity index (χ1v) is 9.64. The van der Waals surface area contributed by atoms with Crippen LogP contribution >= 0.6 is 0 Å². The van der Waals surface area contributed by atoms with Crippen molar-refractivity contribution < 1.29 is 54.5 Å². The lowest BCUT2D eigenvalue weighted by atomic mass is 10.1. The van der Waals surface area contributed by atoms with Gasteiger partial charge in [0.2, 0.25) is 0 Å². The van der Waals surface area contributed by atoms with E-state index in [-0.39, 0.29) is 5.69 Å². The Morgan fingerprint density at radius 3 is 2.22 bits per heavy atom. The van der Waals surface area contributed by atoms with Gasteiger partial charge in [-0.1, -0.05) is 0 Å². The van der Waals surface area contributed by atoms with Gasteiger partial charge in [0.25, 0.3) is 11.8 Å². The fraction of sp³-hybridized carbons (Fsp3) is 0.143. The predicted molar refractivity (Wildman–Crippen MR) is 110 cm³/mol. The second-order valence-corrected chi connectivity index (χ2v) is 6.87. The van der Waals surface area contributed by atoms with E-state index < -0.39 is 70.1 Å². The maximum atomic E-state index is 15.0. The summed E-state index contributed by atoms with van der Waals surface area (Å²) in [5, 5.41) is 2.00. The summed E-state index contributed by atoms with van der Waals surface area (Å²) in [6.45, 7) is 0. The van der Waals surface area contributed by atoms with E-state index in [0.717, 1.165) is 37.7 Å². The second kappa shape index (κ2) is 10.2. The topological polar surface area (TPSA) is 126 Å². The molecule has 16 heteroatoms. The normalized spacial score (nSPS) is 11.6. The molecule has 9 nitrogen and oxygen atoms in total. The van der Waals surface area contributed by atoms with Crippen molar-refractivity contribution in [2.75, 3.05) is 12.4 Å². The van der Waals surface area contributed by atoms with Gasteiger partial charge in [0.15, 0.2) is 17.3 Å². The molecule has 0 atom stereocenters. The number of nitrogens with one attached hydrogen (secondary N) is 1. The molecule has 0 unspecified atom stereocenters. The van der Waals surface area contributed by atoms with Gasteiger partial charge >= 0.3 is 12.5 Å². The van der Waals surface area contributed by atoms with Crippen molar-refractivity contribution in [2.24, 2.45) is 5.73 Å². The number of carbonyl (C=O) groups is 2. The van der Waals surface area contributed by atoms with Crippen LogP contribution in [-0.4, -0.2) is 35.3 Å². The van der Waals surface area contributed by atoms with Gasteiger partial charge in [-0.2, -0.15) is 13.2 Å². The SMILES string of the molecule is COc1cc(OC(F)(F)F)ccc1Oc1ccc(C(F)(F)F)c(F)c1C(=O)Nc1cc(C(N)=O)ncn1. The molecular formula is C21H13F7N4O5. The van der Waals surface area contributed by atoms with Gasteiger partial charge in [-0.3, -0.25) is 9.59 Å². The van der Waals surface area contributed by atoms with E-state index >= 15 is 0 Å². The smallest absolute Gasteiger partial charge is 0.493 e. The van der Waals surface area contributed by atoms with E-state index in [9.17, 15) is 40.3 Å². The number of anilines is 1. The summed E-state index contributed by atoms with van der Waals surface area (Å²) in [5.41, 5.74) is 1.65. The number of nitrogens with two attached hydrogens (primary N) is 1. The maximum absolute atomic E-state index is 15.0. The van der Waals surface area contributed by atoms with Crippen molar-refractivity contribution in [3.63, 3.8) is 0 Å². The average molecular weight is 534 g/mol. The highest BCUT2D eigenvalue weighted by molar-refractivity contribution is 6.06. The van der Waals surface area contributed by atoms with Crippen molar-refractivity contribution in [3.8, 4) is 23.0 Å². The number of ether oxygens (including phenoxy) is 3. The Bertz CT molecular complexity index is 1350. The number of nitrogens with zero attached hydrogens (tertiary/aromatic N) is 2. The van der Waals surface area contributed by atoms with Gasteiger partial charge in [-0.25, -0.2) is 14.4 Å². The molecule has 3 aromatic rings. The standard InChI is InChI=1S/C21H13F7N4O5/c1-35-14-6-9(37-21(26,27)28)2-4-12(14)36-13-5-3-10(20(23,24)25)17(22)16(13)19(34)32-15-7-11(18(29)33)30-8-31-15/h2-8H,1H3,(H2,29,33)(H,30,31,32,34). The van der Waals surface area contributed by atoms with Gasteiger partial charge in [0, 0.05) is 12.1 Å². The number of rotatable bonds is 7. The van der Waals surface area contributed by atoms with Crippen LogP contribution in [0.15, 0.2) is 42.7 Å². The van der Waals surface area contributed by atoms with Crippen LogP contribution in [0.25, 0.3) is 0 Å². The van der Waals surface area contributed by atoms with Crippen LogP contribution < -0.4 is 25.3 Å². The zero-order valence-corrected chi connectivity index (χ0v) is 18.2. The summed E-state index contributed by atoms with van der Waals surface area (Å²) in [4.78, 5) is 31.2. The van der Waals surface area contributed by atoms with Crippen LogP contribution in [0.1, 0.15) is 26.4 Å². The van der Waals surface area contributed by atoms with Crippen molar-refractivity contribution >= 4 is 17.6 Å². The van der Waals surface area contributed by atoms with E-state index in [0.29, 0.717) is 12.1 Å². The van der Waals surface area contributed by atoms with Crippen molar-refractivity contribution in [1.82, 2.24) is 9.97 Å². The molecule has 1 heterocycles. The molecule has 2 aromatic carbocycles. The maximum Gasteiger partial charge on any atom is 0.573 e. The monoisotopic (exact) mass is 534 g/mol. The van der Waals surface area contributed by atoms with Crippen molar-refractivity contribution in [2.45, 2.75) is 12.5 Å². The highest BCUT2D eigenvalue weighted by atomic mass is 19.4. The minimum absolute atomic E-state index is 0.297. The largest absolute Gasteiger partial charge is 0.573 e. The predicted octanol–water partition coefficient (Wildman–Crippen LogP) is 4.69. The average Bonchev–Trinajstić information content (AvgIpc) is 2.78. The zero-order valence-electron chi connectivity index (χ0n) is 18.2. The van der Waals surface area contributed by atoms with Crippen LogP contribution in [-0.2, 0) is 6.18 Å². The third kappa shape index (κ3) is 6.53. The Kier molecular flexibility index (Phi) is 7.40. The lowest BCUT2D eigenvalue weighted by Gasteiger charge is -2.17. The summed E-state index contributed by atoms with van der Waals surface area (Å²) in [7, 11) is 1.03. The number of primary amides is 1. The van der Waals surface area contributed by atoms with Crippen LogP contribution in [0, 0.1) is 5.82 Å². The van der Waals surface area contributed by atoms with Gasteiger partial charge in [-0.05, 0) is 24.3 Å². The number of benzene rings is 2. The highest BCUT2D eigenvalue weighted by Crippen LogP contribution is 2.40. The lowest BCUT2D eigenvalue weighted by Crippen LogP contribution is -2.20. The van der Waals surface area contributed by atoms with E-state index in [1.165, 1.54) is 0 Å². The molecule has 37 heavy (non-hydrogen) atoms. The number of amides is 2. The third-order valence-electron chi connectivity index (χ3n) is 4.39. The van der Waals surface area contributed by atoms with Gasteiger partial charge in [0.05, 0.1) is 12.7 Å². The van der Waals surface area contributed by atoms with E-state index in [2.05, 4.69) is 14.7 Å². The first-order valence-electron chi connectivity index (χ1n) is 9.64. The Hall–Kier alpha value is -4.63. The van der Waals surface area contributed by atoms with Crippen LogP contribution in [0.2, 0.25) is 0 Å². The molecule has 0 bridgehead atoms. The number of hydrogen-bond donors (Lipinski definition) is 2. The molecule has 0 aliphatic carbocycles. The molecule has 0 fully saturated rings. The highest BCUT2D eigenvalue weighted by Gasteiger charge is 2.38. The summed E-state index contributed by atoms with van der Waals surface area (Å²) in [5.74, 6) is -7.22. The Morgan fingerprint density at radius 1 is 0.946 bits per heavy atom. The Labute approximate surface area is 202 Å². The van der Waals surface area contributed by atoms with Crippen LogP contribution in [0.3, 0.4) is 0 Å². The first kappa shape index (κ1) is 27.0. The number of hydrogen-bond acceptors (Lipinski definition) is 7. The molecule has 1 aromatic heterocycles. The van der Waals surface area contributed by atoms with Gasteiger partial charge in [0.1, 0.15) is 34.9 Å². The summed E-state index contributed by atoms with van der Waals surface area (Å²) < 4.78 is 106. The minimum atomic E-state index is -5.21. The molecule has 196 valence electrons. The fourth-order valence-electron chi connectivity index (χ4n) is 2.86. The summed E-state index contributed by atoms with van der Waals surface area (Å²) in [6.07, 6.45) is -9.43. The van der Waals surface area contributed by atoms with Crippen LogP contribution in [0.5, 0.6) is 23.0 Å². The second-order valence-electron chi connectivity index (χ2n) is 6.87. The number of carbonyl (C=O) groups excluding carboxylic acids is 2. The summed E-state index contributed by atoms with van der Waals surface area (Å²) in [6, 6.07) is 4.22. The zero-order chi connectivity index (χ0) is 27.5. The molecule has 3 N–H and O–H groups in total. The van der Waals surface area contributed by atoms with E-state index in [1.54, 1.807) is 0 Å². The lowest BCUT2D eigenvalue weighted by molar-refractivity contribution is -0.274. The van der Waals surface area contributed by atoms with Gasteiger partial charge < -0.3 is 25.3 Å². The molecule has 3 rings (SSSR count).